The van der Waals surface area contributed by atoms with Crippen molar-refractivity contribution < 1.29 is 14.1 Å². The van der Waals surface area contributed by atoms with E-state index in [1.807, 2.05) is 0 Å². The molecule has 0 aliphatic rings. The average Bonchev–Trinajstić information content (AvgIpc) is 2.47. The van der Waals surface area contributed by atoms with Gasteiger partial charge in [0, 0.05) is 17.6 Å². The topological polar surface area (TPSA) is 72.2 Å². The van der Waals surface area contributed by atoms with Gasteiger partial charge in [0.05, 0.1) is 16.6 Å². The highest BCUT2D eigenvalue weighted by Crippen LogP contribution is 2.20. The van der Waals surface area contributed by atoms with E-state index in [0.29, 0.717) is 17.3 Å². The minimum absolute atomic E-state index is 0.194. The number of hydrogen-bond acceptors (Lipinski definition) is 3. The molecule has 0 saturated carbocycles. The molecule has 0 spiro atoms. The van der Waals surface area contributed by atoms with Crippen LogP contribution in [0.3, 0.4) is 0 Å². The number of carbonyl (C=O) groups excluding carboxylic acids is 1. The molecule has 0 heterocycles. The van der Waals surface area contributed by atoms with Crippen LogP contribution in [-0.2, 0) is 5.88 Å². The van der Waals surface area contributed by atoms with Crippen molar-refractivity contribution >= 4 is 28.9 Å². The number of halogens is 2. The zero-order valence-corrected chi connectivity index (χ0v) is 11.4. The third-order valence-electron chi connectivity index (χ3n) is 2.82. The molecule has 0 bridgehead atoms. The Morgan fingerprint density at radius 3 is 2.62 bits per heavy atom. The van der Waals surface area contributed by atoms with Crippen molar-refractivity contribution in [3.05, 3.63) is 69.5 Å². The lowest BCUT2D eigenvalue weighted by Gasteiger charge is -2.09. The van der Waals surface area contributed by atoms with Gasteiger partial charge in [0.2, 0.25) is 0 Å². The fourth-order valence-electron chi connectivity index (χ4n) is 1.75. The Kier molecular flexibility index (Phi) is 4.49. The average molecular weight is 309 g/mol. The highest BCUT2D eigenvalue weighted by atomic mass is 35.5. The second-order valence-electron chi connectivity index (χ2n) is 4.17. The van der Waals surface area contributed by atoms with Gasteiger partial charge in [-0.3, -0.25) is 14.9 Å². The Hall–Kier alpha value is -2.47. The molecule has 2 aromatic carbocycles. The molecule has 0 saturated heterocycles. The van der Waals surface area contributed by atoms with Gasteiger partial charge in [0.25, 0.3) is 11.6 Å². The second kappa shape index (κ2) is 6.32. The van der Waals surface area contributed by atoms with E-state index >= 15 is 0 Å². The summed E-state index contributed by atoms with van der Waals surface area (Å²) >= 11 is 5.75. The molecular formula is C14H10ClFN2O3. The van der Waals surface area contributed by atoms with E-state index in [1.165, 1.54) is 0 Å². The number of rotatable bonds is 4. The van der Waals surface area contributed by atoms with Gasteiger partial charge in [-0.2, -0.15) is 0 Å². The van der Waals surface area contributed by atoms with E-state index < -0.39 is 22.3 Å². The number of nitrogens with one attached hydrogen (secondary N) is 1. The Labute approximate surface area is 124 Å². The van der Waals surface area contributed by atoms with Crippen LogP contribution >= 0.6 is 11.6 Å². The Morgan fingerprint density at radius 2 is 2.00 bits per heavy atom. The second-order valence-corrected chi connectivity index (χ2v) is 4.43. The summed E-state index contributed by atoms with van der Waals surface area (Å²) in [6, 6.07) is 9.70. The van der Waals surface area contributed by atoms with Crippen molar-refractivity contribution in [2.45, 2.75) is 5.88 Å². The van der Waals surface area contributed by atoms with E-state index in [0.717, 1.165) is 12.1 Å². The summed E-state index contributed by atoms with van der Waals surface area (Å²) in [4.78, 5) is 21.8. The van der Waals surface area contributed by atoms with Crippen LogP contribution in [0.4, 0.5) is 15.8 Å². The lowest BCUT2D eigenvalue weighted by Crippen LogP contribution is -2.15. The van der Waals surface area contributed by atoms with Crippen LogP contribution in [0.2, 0.25) is 0 Å². The number of benzene rings is 2. The highest BCUT2D eigenvalue weighted by molar-refractivity contribution is 6.17. The van der Waals surface area contributed by atoms with Crippen LogP contribution in [0.25, 0.3) is 0 Å². The number of non-ortho nitro benzene ring substituents is 1. The van der Waals surface area contributed by atoms with Gasteiger partial charge in [0.1, 0.15) is 5.82 Å². The third-order valence-corrected chi connectivity index (χ3v) is 3.11. The number of nitro benzene ring substituents is 1. The first-order valence-corrected chi connectivity index (χ1v) is 6.45. The van der Waals surface area contributed by atoms with Crippen molar-refractivity contribution in [1.29, 1.82) is 0 Å². The summed E-state index contributed by atoms with van der Waals surface area (Å²) in [7, 11) is 0. The van der Waals surface area contributed by atoms with Gasteiger partial charge in [-0.15, -0.1) is 11.6 Å². The summed E-state index contributed by atoms with van der Waals surface area (Å²) in [6.45, 7) is 0. The quantitative estimate of drug-likeness (QED) is 0.531. The zero-order chi connectivity index (χ0) is 15.4. The number of anilines is 1. The highest BCUT2D eigenvalue weighted by Gasteiger charge is 2.17. The van der Waals surface area contributed by atoms with Crippen molar-refractivity contribution in [3.63, 3.8) is 0 Å². The Bertz CT molecular complexity index is 706. The SMILES string of the molecule is O=C(Nc1ccccc1CCl)c1ccc([N+](=O)[O-])cc1F. The maximum Gasteiger partial charge on any atom is 0.272 e. The largest absolute Gasteiger partial charge is 0.322 e. The summed E-state index contributed by atoms with van der Waals surface area (Å²) in [5, 5.41) is 13.1. The first-order valence-electron chi connectivity index (χ1n) is 5.92. The fraction of sp³-hybridized carbons (Fsp3) is 0.0714. The van der Waals surface area contributed by atoms with Gasteiger partial charge in [-0.1, -0.05) is 18.2 Å². The van der Waals surface area contributed by atoms with Gasteiger partial charge < -0.3 is 5.32 Å². The molecule has 0 atom stereocenters. The number of nitrogens with zero attached hydrogens (tertiary/aromatic N) is 1. The van der Waals surface area contributed by atoms with Crippen molar-refractivity contribution in [3.8, 4) is 0 Å². The van der Waals surface area contributed by atoms with Crippen LogP contribution in [-0.4, -0.2) is 10.8 Å². The van der Waals surface area contributed by atoms with Gasteiger partial charge >= 0.3 is 0 Å². The van der Waals surface area contributed by atoms with Crippen LogP contribution in [0.5, 0.6) is 0 Å². The predicted molar refractivity (Wildman–Crippen MR) is 77.0 cm³/mol. The first-order chi connectivity index (χ1) is 10.0. The number of carbonyl (C=O) groups is 1. The smallest absolute Gasteiger partial charge is 0.272 e. The van der Waals surface area contributed by atoms with Crippen molar-refractivity contribution in [1.82, 2.24) is 0 Å². The first kappa shape index (κ1) is 14.9. The zero-order valence-electron chi connectivity index (χ0n) is 10.7. The molecule has 5 nitrogen and oxygen atoms in total. The van der Waals surface area contributed by atoms with Crippen LogP contribution in [0.1, 0.15) is 15.9 Å². The molecule has 0 aliphatic heterocycles. The molecule has 0 aliphatic carbocycles. The molecule has 1 amide bonds. The minimum atomic E-state index is -0.954. The molecule has 0 unspecified atom stereocenters. The Morgan fingerprint density at radius 1 is 1.29 bits per heavy atom. The fourth-order valence-corrected chi connectivity index (χ4v) is 1.98. The number of amides is 1. The molecule has 21 heavy (non-hydrogen) atoms. The predicted octanol–water partition coefficient (Wildman–Crippen LogP) is 3.73. The number of alkyl halides is 1. The molecule has 7 heteroatoms. The molecular weight excluding hydrogens is 299 g/mol. The molecule has 2 rings (SSSR count). The van der Waals surface area contributed by atoms with Crippen molar-refractivity contribution in [2.75, 3.05) is 5.32 Å². The molecule has 2 aromatic rings. The lowest BCUT2D eigenvalue weighted by molar-refractivity contribution is -0.385. The van der Waals surface area contributed by atoms with Crippen LogP contribution in [0.15, 0.2) is 42.5 Å². The van der Waals surface area contributed by atoms with E-state index in [2.05, 4.69) is 5.32 Å². The van der Waals surface area contributed by atoms with Crippen molar-refractivity contribution in [2.24, 2.45) is 0 Å². The third kappa shape index (κ3) is 3.35. The Balaban J connectivity index is 2.26. The summed E-state index contributed by atoms with van der Waals surface area (Å²) in [5.74, 6) is -1.45. The van der Waals surface area contributed by atoms with Crippen LogP contribution < -0.4 is 5.32 Å². The standard InChI is InChI=1S/C14H10ClFN2O3/c15-8-9-3-1-2-4-13(9)17-14(19)11-6-5-10(18(20)21)7-12(11)16/h1-7H,8H2,(H,17,19). The van der Waals surface area contributed by atoms with E-state index in [4.69, 9.17) is 11.6 Å². The minimum Gasteiger partial charge on any atom is -0.322 e. The molecule has 0 aromatic heterocycles. The van der Waals surface area contributed by atoms with E-state index in [1.54, 1.807) is 24.3 Å². The number of nitro groups is 1. The van der Waals surface area contributed by atoms with E-state index in [9.17, 15) is 19.3 Å². The van der Waals surface area contributed by atoms with E-state index in [-0.39, 0.29) is 11.4 Å². The molecule has 0 radical (unpaired) electrons. The molecule has 1 N–H and O–H groups in total. The van der Waals surface area contributed by atoms with Gasteiger partial charge in [0.15, 0.2) is 0 Å². The molecule has 0 fully saturated rings. The van der Waals surface area contributed by atoms with Gasteiger partial charge in [-0.05, 0) is 17.7 Å². The summed E-state index contributed by atoms with van der Waals surface area (Å²) in [6.07, 6.45) is 0. The maximum atomic E-state index is 13.8. The molecule has 108 valence electrons. The summed E-state index contributed by atoms with van der Waals surface area (Å²) < 4.78 is 13.8. The number of hydrogen-bond donors (Lipinski definition) is 1. The summed E-state index contributed by atoms with van der Waals surface area (Å²) in [5.41, 5.74) is 0.472. The monoisotopic (exact) mass is 308 g/mol. The number of para-hydroxylation sites is 1. The van der Waals surface area contributed by atoms with Crippen LogP contribution in [0, 0.1) is 15.9 Å². The lowest BCUT2D eigenvalue weighted by atomic mass is 10.1. The normalized spacial score (nSPS) is 10.2. The van der Waals surface area contributed by atoms with Gasteiger partial charge in [-0.25, -0.2) is 4.39 Å². The maximum absolute atomic E-state index is 13.8.